The molecule has 0 unspecified atom stereocenters. The van der Waals surface area contributed by atoms with Crippen molar-refractivity contribution in [3.63, 3.8) is 0 Å². The van der Waals surface area contributed by atoms with Crippen LogP contribution in [0.5, 0.6) is 0 Å². The lowest BCUT2D eigenvalue weighted by Crippen LogP contribution is -2.20. The number of allylic oxidation sites excluding steroid dienone is 2. The molecule has 0 nitrogen and oxygen atoms in total. The molecular formula is C12H24Si. The van der Waals surface area contributed by atoms with Crippen LogP contribution in [0.1, 0.15) is 26.2 Å². The minimum Gasteiger partial charge on any atom is -0.0959 e. The fourth-order valence-electron chi connectivity index (χ4n) is 1.33. The lowest BCUT2D eigenvalue weighted by Gasteiger charge is -2.18. The molecule has 0 aliphatic heterocycles. The highest BCUT2D eigenvalue weighted by Gasteiger charge is 2.15. The van der Waals surface area contributed by atoms with Crippen molar-refractivity contribution < 1.29 is 0 Å². The van der Waals surface area contributed by atoms with Gasteiger partial charge in [0.1, 0.15) is 0 Å². The van der Waals surface area contributed by atoms with Gasteiger partial charge in [0.2, 0.25) is 0 Å². The van der Waals surface area contributed by atoms with Crippen LogP contribution in [0.25, 0.3) is 0 Å². The lowest BCUT2D eigenvalue weighted by atomic mass is 10.1. The van der Waals surface area contributed by atoms with Gasteiger partial charge in [0.15, 0.2) is 0 Å². The summed E-state index contributed by atoms with van der Waals surface area (Å²) >= 11 is 0. The van der Waals surface area contributed by atoms with E-state index in [4.69, 9.17) is 0 Å². The Morgan fingerprint density at radius 1 is 1.08 bits per heavy atom. The maximum absolute atomic E-state index is 4.13. The van der Waals surface area contributed by atoms with Gasteiger partial charge in [-0.1, -0.05) is 57.3 Å². The molecule has 0 aliphatic carbocycles. The van der Waals surface area contributed by atoms with E-state index < -0.39 is 8.07 Å². The van der Waals surface area contributed by atoms with Crippen LogP contribution in [0, 0.1) is 0 Å². The summed E-state index contributed by atoms with van der Waals surface area (Å²) in [5.41, 5.74) is 2.58. The molecular weight excluding hydrogens is 172 g/mol. The van der Waals surface area contributed by atoms with Crippen LogP contribution in [0.15, 0.2) is 24.3 Å². The van der Waals surface area contributed by atoms with E-state index in [-0.39, 0.29) is 0 Å². The molecule has 76 valence electrons. The largest absolute Gasteiger partial charge is 0.0959 e. The van der Waals surface area contributed by atoms with E-state index >= 15 is 0 Å². The summed E-state index contributed by atoms with van der Waals surface area (Å²) in [5, 5.41) is 0. The van der Waals surface area contributed by atoms with Gasteiger partial charge in [0.25, 0.3) is 0 Å². The van der Waals surface area contributed by atoms with Crippen LogP contribution in [0.4, 0.5) is 0 Å². The summed E-state index contributed by atoms with van der Waals surface area (Å²) in [7, 11) is -0.983. The summed E-state index contributed by atoms with van der Waals surface area (Å²) < 4.78 is 0. The first-order valence-electron chi connectivity index (χ1n) is 5.22. The highest BCUT2D eigenvalue weighted by Crippen LogP contribution is 2.23. The second-order valence-electron chi connectivity index (χ2n) is 5.05. The van der Waals surface area contributed by atoms with Gasteiger partial charge in [-0.15, -0.1) is 0 Å². The van der Waals surface area contributed by atoms with Crippen LogP contribution in [-0.4, -0.2) is 8.07 Å². The highest BCUT2D eigenvalue weighted by molar-refractivity contribution is 6.76. The third kappa shape index (κ3) is 6.82. The molecule has 0 aliphatic rings. The van der Waals surface area contributed by atoms with E-state index in [1.807, 2.05) is 0 Å². The van der Waals surface area contributed by atoms with Crippen molar-refractivity contribution in [2.45, 2.75) is 51.9 Å². The predicted molar refractivity (Wildman–Crippen MR) is 66.0 cm³/mol. The van der Waals surface area contributed by atoms with E-state index in [9.17, 15) is 0 Å². The molecule has 1 heteroatoms. The van der Waals surface area contributed by atoms with Crippen LogP contribution < -0.4 is 0 Å². The fourth-order valence-corrected chi connectivity index (χ4v) is 2.86. The van der Waals surface area contributed by atoms with Gasteiger partial charge >= 0.3 is 0 Å². The molecule has 0 heterocycles. The summed E-state index contributed by atoms with van der Waals surface area (Å²) in [6.45, 7) is 17.6. The van der Waals surface area contributed by atoms with Gasteiger partial charge in [-0.25, -0.2) is 0 Å². The minimum atomic E-state index is -0.983. The maximum atomic E-state index is 4.13. The van der Waals surface area contributed by atoms with Crippen molar-refractivity contribution in [2.75, 3.05) is 0 Å². The molecule has 0 saturated heterocycles. The third-order valence-corrected chi connectivity index (χ3v) is 3.56. The quantitative estimate of drug-likeness (QED) is 0.429. The SMILES string of the molecule is C=C(CCCC)C(=C)C[Si](C)(C)C. The topological polar surface area (TPSA) is 0 Å². The molecule has 0 amide bonds. The molecule has 0 radical (unpaired) electrons. The van der Waals surface area contributed by atoms with E-state index in [1.54, 1.807) is 0 Å². The minimum absolute atomic E-state index is 0.983. The normalized spacial score (nSPS) is 11.4. The molecule has 0 fully saturated rings. The molecule has 0 bridgehead atoms. The van der Waals surface area contributed by atoms with Crippen LogP contribution >= 0.6 is 0 Å². The summed E-state index contributed by atoms with van der Waals surface area (Å²) in [4.78, 5) is 0. The molecule has 13 heavy (non-hydrogen) atoms. The average molecular weight is 196 g/mol. The van der Waals surface area contributed by atoms with Crippen molar-refractivity contribution >= 4 is 8.07 Å². The standard InChI is InChI=1S/C12H24Si/c1-7-8-9-11(2)12(3)10-13(4,5)6/h2-3,7-10H2,1,4-6H3. The van der Waals surface area contributed by atoms with Gasteiger partial charge in [-0.3, -0.25) is 0 Å². The lowest BCUT2D eigenvalue weighted by molar-refractivity contribution is 0.793. The zero-order chi connectivity index (χ0) is 10.5. The van der Waals surface area contributed by atoms with E-state index in [2.05, 4.69) is 39.7 Å². The molecule has 0 N–H and O–H groups in total. The monoisotopic (exact) mass is 196 g/mol. The van der Waals surface area contributed by atoms with Crippen molar-refractivity contribution in [1.29, 1.82) is 0 Å². The zero-order valence-electron chi connectivity index (χ0n) is 9.74. The number of unbranched alkanes of at least 4 members (excludes halogenated alkanes) is 1. The first-order chi connectivity index (χ1) is 5.87. The van der Waals surface area contributed by atoms with Gasteiger partial charge in [0, 0.05) is 8.07 Å². The van der Waals surface area contributed by atoms with Crippen molar-refractivity contribution in [2.24, 2.45) is 0 Å². The molecule has 0 aromatic rings. The fraction of sp³-hybridized carbons (Fsp3) is 0.667. The zero-order valence-corrected chi connectivity index (χ0v) is 10.7. The average Bonchev–Trinajstić information content (AvgIpc) is 1.96. The molecule has 0 atom stereocenters. The van der Waals surface area contributed by atoms with E-state index in [0.717, 1.165) is 6.42 Å². The van der Waals surface area contributed by atoms with Crippen molar-refractivity contribution in [1.82, 2.24) is 0 Å². The van der Waals surface area contributed by atoms with E-state index in [0.29, 0.717) is 0 Å². The first kappa shape index (κ1) is 12.7. The third-order valence-electron chi connectivity index (χ3n) is 2.08. The molecule has 0 spiro atoms. The number of hydrogen-bond donors (Lipinski definition) is 0. The summed E-state index contributed by atoms with van der Waals surface area (Å²) in [6.07, 6.45) is 3.64. The highest BCUT2D eigenvalue weighted by atomic mass is 28.3. The molecule has 0 aromatic heterocycles. The van der Waals surface area contributed by atoms with Gasteiger partial charge in [-0.05, 0) is 18.9 Å². The Balaban J connectivity index is 3.91. The maximum Gasteiger partial charge on any atom is 0.0486 e. The van der Waals surface area contributed by atoms with Crippen LogP contribution in [-0.2, 0) is 0 Å². The smallest absolute Gasteiger partial charge is 0.0486 e. The second kappa shape index (κ2) is 5.43. The summed E-state index contributed by atoms with van der Waals surface area (Å²) in [6, 6.07) is 1.20. The van der Waals surface area contributed by atoms with Crippen LogP contribution in [0.2, 0.25) is 25.7 Å². The van der Waals surface area contributed by atoms with Gasteiger partial charge in [0.05, 0.1) is 0 Å². The Bertz CT molecular complexity index is 184. The molecule has 0 rings (SSSR count). The Hall–Kier alpha value is -0.303. The van der Waals surface area contributed by atoms with Crippen molar-refractivity contribution in [3.8, 4) is 0 Å². The van der Waals surface area contributed by atoms with Gasteiger partial charge in [-0.2, -0.15) is 0 Å². The Morgan fingerprint density at radius 2 is 1.62 bits per heavy atom. The Kier molecular flexibility index (Phi) is 5.31. The first-order valence-corrected chi connectivity index (χ1v) is 8.93. The Morgan fingerprint density at radius 3 is 2.00 bits per heavy atom. The van der Waals surface area contributed by atoms with Gasteiger partial charge < -0.3 is 0 Å². The number of hydrogen-bond acceptors (Lipinski definition) is 0. The summed E-state index contributed by atoms with van der Waals surface area (Å²) in [5.74, 6) is 0. The van der Waals surface area contributed by atoms with Crippen LogP contribution in [0.3, 0.4) is 0 Å². The molecule has 0 aromatic carbocycles. The second-order valence-corrected chi connectivity index (χ2v) is 10.5. The van der Waals surface area contributed by atoms with E-state index in [1.165, 1.54) is 30.0 Å². The molecule has 0 saturated carbocycles. The predicted octanol–water partition coefficient (Wildman–Crippen LogP) is 4.63. The van der Waals surface area contributed by atoms with Crippen molar-refractivity contribution in [3.05, 3.63) is 24.3 Å². The number of rotatable bonds is 6. The Labute approximate surface area is 84.8 Å².